The first-order chi connectivity index (χ1) is 11.8. The number of hydrogen-bond acceptors (Lipinski definition) is 5. The number of halogens is 1. The lowest BCUT2D eigenvalue weighted by Crippen LogP contribution is -2.31. The van der Waals surface area contributed by atoms with Crippen molar-refractivity contribution in [3.05, 3.63) is 53.1 Å². The summed E-state index contributed by atoms with van der Waals surface area (Å²) < 4.78 is 36.8. The Morgan fingerprint density at radius 3 is 2.28 bits per heavy atom. The van der Waals surface area contributed by atoms with Gasteiger partial charge in [0.15, 0.2) is 0 Å². The van der Waals surface area contributed by atoms with Gasteiger partial charge in [0.2, 0.25) is 0 Å². The normalized spacial score (nSPS) is 11.0. The van der Waals surface area contributed by atoms with Crippen LogP contribution in [0.3, 0.4) is 0 Å². The zero-order chi connectivity index (χ0) is 18.6. The van der Waals surface area contributed by atoms with Gasteiger partial charge >= 0.3 is 5.97 Å². The number of rotatable bonds is 6. The van der Waals surface area contributed by atoms with Gasteiger partial charge in [-0.25, -0.2) is 13.2 Å². The summed E-state index contributed by atoms with van der Waals surface area (Å²) in [4.78, 5) is 11.8. The maximum atomic E-state index is 13.0. The molecule has 0 radical (unpaired) electrons. The number of carbonyl (C=O) groups is 1. The number of benzene rings is 2. The maximum Gasteiger partial charge on any atom is 0.337 e. The third-order valence-corrected chi connectivity index (χ3v) is 5.79. The van der Waals surface area contributed by atoms with Crippen LogP contribution in [0.4, 0.5) is 5.69 Å². The largest absolute Gasteiger partial charge is 0.497 e. The van der Waals surface area contributed by atoms with Crippen molar-refractivity contribution < 1.29 is 22.7 Å². The highest BCUT2D eigenvalue weighted by Crippen LogP contribution is 2.32. The molecule has 0 bridgehead atoms. The second-order valence-corrected chi connectivity index (χ2v) is 7.27. The van der Waals surface area contributed by atoms with E-state index in [1.165, 1.54) is 44.6 Å². The highest BCUT2D eigenvalue weighted by atomic mass is 35.5. The number of hydrogen-bond donors (Lipinski definition) is 0. The molecule has 2 aromatic rings. The zero-order valence-electron chi connectivity index (χ0n) is 14.0. The van der Waals surface area contributed by atoms with E-state index in [0.29, 0.717) is 5.75 Å². The summed E-state index contributed by atoms with van der Waals surface area (Å²) in [5, 5.41) is 0.214. The average Bonchev–Trinajstić information content (AvgIpc) is 2.63. The molecule has 0 aliphatic rings. The highest BCUT2D eigenvalue weighted by Gasteiger charge is 2.26. The van der Waals surface area contributed by atoms with Crippen molar-refractivity contribution in [2.45, 2.75) is 11.8 Å². The van der Waals surface area contributed by atoms with Crippen molar-refractivity contribution in [1.82, 2.24) is 0 Å². The molecule has 0 aliphatic heterocycles. The molecular weight excluding hydrogens is 366 g/mol. The van der Waals surface area contributed by atoms with Crippen LogP contribution in [-0.2, 0) is 14.8 Å². The predicted molar refractivity (Wildman–Crippen MR) is 96.0 cm³/mol. The van der Waals surface area contributed by atoms with Crippen LogP contribution in [0.5, 0.6) is 5.75 Å². The molecule has 0 aromatic heterocycles. The third kappa shape index (κ3) is 3.88. The van der Waals surface area contributed by atoms with E-state index in [1.54, 1.807) is 19.1 Å². The molecule has 2 rings (SSSR count). The molecule has 0 aliphatic carbocycles. The molecule has 0 saturated heterocycles. The molecule has 8 heteroatoms. The predicted octanol–water partition coefficient (Wildman–Crippen LogP) is 3.35. The number of carbonyl (C=O) groups excluding carboxylic acids is 1. The molecule has 0 N–H and O–H groups in total. The van der Waals surface area contributed by atoms with Crippen molar-refractivity contribution in [2.24, 2.45) is 0 Å². The Morgan fingerprint density at radius 1 is 1.12 bits per heavy atom. The van der Waals surface area contributed by atoms with Gasteiger partial charge in [0.25, 0.3) is 10.0 Å². The van der Waals surface area contributed by atoms with Gasteiger partial charge < -0.3 is 9.47 Å². The number of anilines is 1. The van der Waals surface area contributed by atoms with Gasteiger partial charge in [-0.05, 0) is 49.4 Å². The van der Waals surface area contributed by atoms with Crippen LogP contribution in [0.2, 0.25) is 5.02 Å². The van der Waals surface area contributed by atoms with E-state index < -0.39 is 16.0 Å². The molecule has 0 atom stereocenters. The lowest BCUT2D eigenvalue weighted by atomic mass is 10.2. The van der Waals surface area contributed by atoms with Crippen molar-refractivity contribution in [2.75, 3.05) is 25.1 Å². The summed E-state index contributed by atoms with van der Waals surface area (Å²) in [6, 6.07) is 10.4. The number of nitrogens with zero attached hydrogens (tertiary/aromatic N) is 1. The number of sulfonamides is 1. The summed E-state index contributed by atoms with van der Waals surface area (Å²) in [6.07, 6.45) is 0. The van der Waals surface area contributed by atoms with Gasteiger partial charge in [0, 0.05) is 6.54 Å². The summed E-state index contributed by atoms with van der Waals surface area (Å²) >= 11 is 6.18. The molecule has 2 aromatic carbocycles. The molecule has 134 valence electrons. The van der Waals surface area contributed by atoms with Crippen molar-refractivity contribution in [3.63, 3.8) is 0 Å². The van der Waals surface area contributed by atoms with Crippen LogP contribution in [0, 0.1) is 0 Å². The number of ether oxygens (including phenoxy) is 2. The van der Waals surface area contributed by atoms with E-state index in [4.69, 9.17) is 16.3 Å². The minimum Gasteiger partial charge on any atom is -0.497 e. The second-order valence-electron chi connectivity index (χ2n) is 5.00. The van der Waals surface area contributed by atoms with Crippen LogP contribution in [0.1, 0.15) is 17.3 Å². The minimum absolute atomic E-state index is 0.0923. The van der Waals surface area contributed by atoms with E-state index in [-0.39, 0.29) is 27.7 Å². The average molecular weight is 384 g/mol. The first kappa shape index (κ1) is 19.1. The van der Waals surface area contributed by atoms with Gasteiger partial charge in [-0.15, -0.1) is 0 Å². The van der Waals surface area contributed by atoms with E-state index in [0.717, 1.165) is 4.31 Å². The van der Waals surface area contributed by atoms with E-state index in [9.17, 15) is 13.2 Å². The molecule has 0 spiro atoms. The van der Waals surface area contributed by atoms with Crippen LogP contribution in [-0.4, -0.2) is 35.2 Å². The third-order valence-electron chi connectivity index (χ3n) is 3.57. The molecule has 0 unspecified atom stereocenters. The molecule has 0 saturated carbocycles. The van der Waals surface area contributed by atoms with Gasteiger partial charge in [-0.3, -0.25) is 4.31 Å². The number of esters is 1. The fraction of sp³-hybridized carbons (Fsp3) is 0.235. The first-order valence-corrected chi connectivity index (χ1v) is 9.21. The fourth-order valence-electron chi connectivity index (χ4n) is 2.29. The van der Waals surface area contributed by atoms with Crippen LogP contribution < -0.4 is 9.04 Å². The van der Waals surface area contributed by atoms with Crippen molar-refractivity contribution >= 4 is 33.3 Å². The monoisotopic (exact) mass is 383 g/mol. The summed E-state index contributed by atoms with van der Waals surface area (Å²) in [5.41, 5.74) is 0.424. The van der Waals surface area contributed by atoms with E-state index in [1.807, 2.05) is 0 Å². The van der Waals surface area contributed by atoms with Crippen LogP contribution in [0.15, 0.2) is 47.4 Å². The molecular formula is C17H18ClNO5S. The maximum absolute atomic E-state index is 13.0. The summed E-state index contributed by atoms with van der Waals surface area (Å²) in [5.74, 6) is -0.0245. The smallest absolute Gasteiger partial charge is 0.337 e. The second kappa shape index (κ2) is 7.76. The first-order valence-electron chi connectivity index (χ1n) is 7.39. The van der Waals surface area contributed by atoms with Gasteiger partial charge in [0.1, 0.15) is 5.75 Å². The lowest BCUT2D eigenvalue weighted by Gasteiger charge is -2.24. The Hall–Kier alpha value is -2.25. The van der Waals surface area contributed by atoms with Gasteiger partial charge in [0.05, 0.1) is 35.4 Å². The summed E-state index contributed by atoms with van der Waals surface area (Å²) in [7, 11) is -1.11. The Morgan fingerprint density at radius 2 is 1.76 bits per heavy atom. The Bertz CT molecular complexity index is 865. The van der Waals surface area contributed by atoms with Gasteiger partial charge in [-0.2, -0.15) is 0 Å². The molecule has 25 heavy (non-hydrogen) atoms. The topological polar surface area (TPSA) is 72.9 Å². The van der Waals surface area contributed by atoms with E-state index >= 15 is 0 Å². The fourth-order valence-corrected chi connectivity index (χ4v) is 4.05. The van der Waals surface area contributed by atoms with Crippen molar-refractivity contribution in [1.29, 1.82) is 0 Å². The van der Waals surface area contributed by atoms with E-state index in [2.05, 4.69) is 4.74 Å². The van der Waals surface area contributed by atoms with Crippen LogP contribution >= 0.6 is 11.6 Å². The standard InChI is InChI=1S/C17H18ClNO5S/c1-4-19(16-11-12(17(20)24-3)5-10-15(16)18)25(21,22)14-8-6-13(23-2)7-9-14/h5-11H,4H2,1-3H3. The molecule has 0 amide bonds. The Labute approximate surface area is 152 Å². The molecule has 0 fully saturated rings. The summed E-state index contributed by atoms with van der Waals surface area (Å²) in [6.45, 7) is 1.82. The lowest BCUT2D eigenvalue weighted by molar-refractivity contribution is 0.0600. The zero-order valence-corrected chi connectivity index (χ0v) is 15.6. The SMILES string of the molecule is CCN(c1cc(C(=O)OC)ccc1Cl)S(=O)(=O)c1ccc(OC)cc1. The minimum atomic E-state index is -3.86. The molecule has 6 nitrogen and oxygen atoms in total. The Balaban J connectivity index is 2.52. The molecule has 0 heterocycles. The number of methoxy groups -OCH3 is 2. The Kier molecular flexibility index (Phi) is 5.92. The highest BCUT2D eigenvalue weighted by molar-refractivity contribution is 7.92. The van der Waals surface area contributed by atoms with Crippen molar-refractivity contribution in [3.8, 4) is 5.75 Å². The van der Waals surface area contributed by atoms with Crippen LogP contribution in [0.25, 0.3) is 0 Å². The quantitative estimate of drug-likeness (QED) is 0.715. The van der Waals surface area contributed by atoms with Gasteiger partial charge in [-0.1, -0.05) is 11.6 Å².